The topological polar surface area (TPSA) is 92.4 Å². The fraction of sp³-hybridized carbons (Fsp3) is 0.133. The van der Waals surface area contributed by atoms with Crippen molar-refractivity contribution < 1.29 is 18.9 Å². The number of halogens is 2. The van der Waals surface area contributed by atoms with Crippen molar-refractivity contribution in [2.75, 3.05) is 12.4 Å². The number of rotatable bonds is 5. The first-order valence-electron chi connectivity index (χ1n) is 6.48. The van der Waals surface area contributed by atoms with Crippen molar-refractivity contribution >= 4 is 31.7 Å². The van der Waals surface area contributed by atoms with E-state index in [0.717, 1.165) is 6.07 Å². The van der Waals surface area contributed by atoms with E-state index < -0.39 is 25.5 Å². The summed E-state index contributed by atoms with van der Waals surface area (Å²) < 4.78 is 25.8. The zero-order chi connectivity index (χ0) is 17.2. The second-order valence-corrected chi connectivity index (χ2v) is 5.98. The number of hydrogen-bond donors (Lipinski definition) is 3. The highest BCUT2D eigenvalue weighted by atomic mass is 35.5. The third kappa shape index (κ3) is 3.06. The maximum absolute atomic E-state index is 14.1. The van der Waals surface area contributed by atoms with Gasteiger partial charge in [0.05, 0.1) is 5.02 Å². The van der Waals surface area contributed by atoms with Gasteiger partial charge in [-0.15, -0.1) is 0 Å². The maximum atomic E-state index is 14.1. The molecule has 0 aliphatic rings. The summed E-state index contributed by atoms with van der Waals surface area (Å²) in [6, 6.07) is 7.96. The minimum absolute atomic E-state index is 0.0200. The number of hydrogen-bond acceptors (Lipinski definition) is 4. The molecule has 2 aromatic rings. The number of primary amides is 1. The largest absolute Gasteiger partial charge is 0.388 e. The summed E-state index contributed by atoms with van der Waals surface area (Å²) in [5.41, 5.74) is 5.30. The standard InChI is InChI=1S/C15H13ClFN2O3P/c1-19-12-7-8(14(18)20)6-10(16)13(12)15(21,23-22)9-4-2-3-5-11(9)17/h2-7,19,21H,1H3,(H2,18,20). The van der Waals surface area contributed by atoms with Crippen LogP contribution in [0.3, 0.4) is 0 Å². The van der Waals surface area contributed by atoms with Gasteiger partial charge in [0.15, 0.2) is 0 Å². The van der Waals surface area contributed by atoms with Gasteiger partial charge in [0.25, 0.3) is 0 Å². The lowest BCUT2D eigenvalue weighted by molar-refractivity contribution is 0.1000. The van der Waals surface area contributed by atoms with Gasteiger partial charge in [-0.3, -0.25) is 9.36 Å². The Bertz CT molecular complexity index is 787. The molecule has 0 aliphatic heterocycles. The molecule has 0 aliphatic carbocycles. The second kappa shape index (κ2) is 6.62. The molecule has 0 spiro atoms. The quantitative estimate of drug-likeness (QED) is 0.719. The number of anilines is 1. The molecule has 5 nitrogen and oxygen atoms in total. The van der Waals surface area contributed by atoms with Crippen molar-refractivity contribution in [1.82, 2.24) is 0 Å². The van der Waals surface area contributed by atoms with E-state index in [2.05, 4.69) is 5.32 Å². The van der Waals surface area contributed by atoms with Crippen molar-refractivity contribution in [3.63, 3.8) is 0 Å². The number of aliphatic hydroxyl groups is 1. The summed E-state index contributed by atoms with van der Waals surface area (Å²) >= 11 is 6.15. The molecule has 120 valence electrons. The number of nitrogens with two attached hydrogens (primary N) is 1. The van der Waals surface area contributed by atoms with Crippen LogP contribution in [0, 0.1) is 5.82 Å². The monoisotopic (exact) mass is 354 g/mol. The molecule has 1 atom stereocenters. The molecule has 23 heavy (non-hydrogen) atoms. The molecule has 0 radical (unpaired) electrons. The normalized spacial score (nSPS) is 13.6. The molecule has 1 amide bonds. The molecule has 2 rings (SSSR count). The predicted octanol–water partition coefficient (Wildman–Crippen LogP) is 3.10. The van der Waals surface area contributed by atoms with E-state index in [1.165, 1.54) is 37.4 Å². The van der Waals surface area contributed by atoms with Crippen LogP contribution in [-0.2, 0) is 9.91 Å². The summed E-state index contributed by atoms with van der Waals surface area (Å²) in [7, 11) is 0.738. The minimum atomic E-state index is -2.23. The smallest absolute Gasteiger partial charge is 0.248 e. The Balaban J connectivity index is 2.79. The number of amides is 1. The van der Waals surface area contributed by atoms with Gasteiger partial charge in [-0.2, -0.15) is 0 Å². The molecule has 0 heterocycles. The SMILES string of the molecule is CNc1cc(C(N)=O)cc(Cl)c1C(O)(P=O)c1ccccc1F. The Morgan fingerprint density at radius 2 is 2.04 bits per heavy atom. The van der Waals surface area contributed by atoms with Crippen molar-refractivity contribution in [2.24, 2.45) is 5.73 Å². The molecular formula is C15H13ClFN2O3P. The fourth-order valence-corrected chi connectivity index (χ4v) is 3.31. The van der Waals surface area contributed by atoms with Gasteiger partial charge in [-0.1, -0.05) is 29.8 Å². The summed E-state index contributed by atoms with van der Waals surface area (Å²) in [5, 5.41) is 11.3. The van der Waals surface area contributed by atoms with Crippen LogP contribution < -0.4 is 11.1 Å². The number of carbonyl (C=O) groups excluding carboxylic acids is 1. The number of nitrogens with one attached hydrogen (secondary N) is 1. The van der Waals surface area contributed by atoms with Crippen LogP contribution in [0.1, 0.15) is 21.5 Å². The highest BCUT2D eigenvalue weighted by molar-refractivity contribution is 7.25. The lowest BCUT2D eigenvalue weighted by Gasteiger charge is -2.26. The maximum Gasteiger partial charge on any atom is 0.248 e. The molecule has 0 saturated heterocycles. The Labute approximate surface area is 138 Å². The first-order valence-corrected chi connectivity index (χ1v) is 7.67. The minimum Gasteiger partial charge on any atom is -0.388 e. The van der Waals surface area contributed by atoms with E-state index in [9.17, 15) is 18.9 Å². The van der Waals surface area contributed by atoms with E-state index in [0.29, 0.717) is 0 Å². The summed E-state index contributed by atoms with van der Waals surface area (Å²) in [5.74, 6) is -1.46. The van der Waals surface area contributed by atoms with Crippen LogP contribution >= 0.6 is 20.1 Å². The van der Waals surface area contributed by atoms with E-state index in [1.807, 2.05) is 0 Å². The molecule has 2 aromatic carbocycles. The molecule has 0 fully saturated rings. The van der Waals surface area contributed by atoms with Crippen molar-refractivity contribution in [2.45, 2.75) is 5.34 Å². The van der Waals surface area contributed by atoms with Crippen LogP contribution in [0.25, 0.3) is 0 Å². The van der Waals surface area contributed by atoms with Crippen LogP contribution in [0.15, 0.2) is 36.4 Å². The van der Waals surface area contributed by atoms with Gasteiger partial charge in [0.2, 0.25) is 19.7 Å². The lowest BCUT2D eigenvalue weighted by Crippen LogP contribution is -2.24. The summed E-state index contributed by atoms with van der Waals surface area (Å²) in [6.45, 7) is 0. The molecule has 0 bridgehead atoms. The van der Waals surface area contributed by atoms with E-state index in [1.54, 1.807) is 0 Å². The third-order valence-corrected chi connectivity index (χ3v) is 4.40. The van der Waals surface area contributed by atoms with Crippen LogP contribution in [0.2, 0.25) is 5.02 Å². The zero-order valence-electron chi connectivity index (χ0n) is 12.0. The summed E-state index contributed by atoms with van der Waals surface area (Å²) in [6.07, 6.45) is 0. The molecule has 0 saturated carbocycles. The van der Waals surface area contributed by atoms with E-state index in [4.69, 9.17) is 17.3 Å². The highest BCUT2D eigenvalue weighted by Crippen LogP contribution is 2.47. The first kappa shape index (κ1) is 17.3. The Morgan fingerprint density at radius 3 is 2.57 bits per heavy atom. The number of carbonyl (C=O) groups is 1. The van der Waals surface area contributed by atoms with Crippen LogP contribution in [0.4, 0.5) is 10.1 Å². The fourth-order valence-electron chi connectivity index (χ4n) is 2.27. The van der Waals surface area contributed by atoms with Crippen molar-refractivity contribution in [1.29, 1.82) is 0 Å². The predicted molar refractivity (Wildman–Crippen MR) is 86.5 cm³/mol. The molecular weight excluding hydrogens is 342 g/mol. The van der Waals surface area contributed by atoms with Gasteiger partial charge in [-0.25, -0.2) is 4.39 Å². The van der Waals surface area contributed by atoms with Gasteiger partial charge >= 0.3 is 0 Å². The van der Waals surface area contributed by atoms with Gasteiger partial charge < -0.3 is 16.2 Å². The third-order valence-electron chi connectivity index (χ3n) is 3.37. The van der Waals surface area contributed by atoms with Gasteiger partial charge in [-0.05, 0) is 18.2 Å². The Hall–Kier alpha value is -2.01. The average Bonchev–Trinajstić information content (AvgIpc) is 2.53. The lowest BCUT2D eigenvalue weighted by atomic mass is 9.96. The van der Waals surface area contributed by atoms with Crippen molar-refractivity contribution in [3.8, 4) is 0 Å². The molecule has 4 N–H and O–H groups in total. The molecule has 1 unspecified atom stereocenters. The summed E-state index contributed by atoms with van der Waals surface area (Å²) in [4.78, 5) is 11.3. The van der Waals surface area contributed by atoms with E-state index >= 15 is 0 Å². The number of benzene rings is 2. The van der Waals surface area contributed by atoms with Gasteiger partial charge in [0.1, 0.15) is 5.82 Å². The Kier molecular flexibility index (Phi) is 5.00. The highest BCUT2D eigenvalue weighted by Gasteiger charge is 2.39. The average molecular weight is 355 g/mol. The zero-order valence-corrected chi connectivity index (χ0v) is 13.7. The first-order chi connectivity index (χ1) is 10.8. The van der Waals surface area contributed by atoms with Crippen LogP contribution in [0.5, 0.6) is 0 Å². The van der Waals surface area contributed by atoms with Crippen molar-refractivity contribution in [3.05, 3.63) is 63.9 Å². The Morgan fingerprint density at radius 1 is 1.39 bits per heavy atom. The van der Waals surface area contributed by atoms with Crippen LogP contribution in [-0.4, -0.2) is 18.1 Å². The van der Waals surface area contributed by atoms with Gasteiger partial charge in [0, 0.05) is 29.4 Å². The van der Waals surface area contributed by atoms with E-state index in [-0.39, 0.29) is 27.4 Å². The second-order valence-electron chi connectivity index (χ2n) is 4.74. The molecule has 8 heteroatoms. The molecule has 0 aromatic heterocycles.